The van der Waals surface area contributed by atoms with E-state index in [9.17, 15) is 0 Å². The molecule has 3 heterocycles. The minimum atomic E-state index is 0.737. The van der Waals surface area contributed by atoms with E-state index < -0.39 is 0 Å². The molecule has 24 heavy (non-hydrogen) atoms. The van der Waals surface area contributed by atoms with Crippen LogP contribution in [0.25, 0.3) is 0 Å². The highest BCUT2D eigenvalue weighted by Crippen LogP contribution is 2.31. The standard InChI is InChI=1S/C19H27N5/c1-14-21-17-6-4-3-5-16(17)19(22-14)24-10-7-15(8-11-24)13-18-20-9-12-23(18)2/h9,12,15H,3-8,10-11,13H2,1-2H3. The number of piperidine rings is 1. The lowest BCUT2D eigenvalue weighted by molar-refractivity contribution is 0.391. The molecule has 0 radical (unpaired) electrons. The Hall–Kier alpha value is -1.91. The minimum absolute atomic E-state index is 0.737. The number of aromatic nitrogens is 4. The van der Waals surface area contributed by atoms with Crippen molar-refractivity contribution in [1.82, 2.24) is 19.5 Å². The van der Waals surface area contributed by atoms with Crippen molar-refractivity contribution in [3.63, 3.8) is 0 Å². The van der Waals surface area contributed by atoms with E-state index >= 15 is 0 Å². The normalized spacial score (nSPS) is 18.7. The molecule has 1 saturated heterocycles. The third-order valence-corrected chi connectivity index (χ3v) is 5.58. The highest BCUT2D eigenvalue weighted by Gasteiger charge is 2.25. The van der Waals surface area contributed by atoms with Gasteiger partial charge in [0.05, 0.1) is 0 Å². The molecular weight excluding hydrogens is 298 g/mol. The number of nitrogens with zero attached hydrogens (tertiary/aromatic N) is 5. The first-order chi connectivity index (χ1) is 11.7. The van der Waals surface area contributed by atoms with Gasteiger partial charge in [0.2, 0.25) is 0 Å². The van der Waals surface area contributed by atoms with Crippen molar-refractivity contribution in [1.29, 1.82) is 0 Å². The number of fused-ring (bicyclic) bond motifs is 1. The second kappa shape index (κ2) is 6.54. The molecule has 0 aromatic carbocycles. The summed E-state index contributed by atoms with van der Waals surface area (Å²) >= 11 is 0. The average molecular weight is 325 g/mol. The van der Waals surface area contributed by atoms with E-state index in [1.165, 1.54) is 48.6 Å². The van der Waals surface area contributed by atoms with E-state index in [-0.39, 0.29) is 0 Å². The largest absolute Gasteiger partial charge is 0.356 e. The third kappa shape index (κ3) is 3.04. The van der Waals surface area contributed by atoms with Gasteiger partial charge in [-0.05, 0) is 51.4 Å². The SMILES string of the molecule is Cc1nc2c(c(N3CCC(Cc4nccn4C)CC3)n1)CCCC2. The first-order valence-corrected chi connectivity index (χ1v) is 9.28. The van der Waals surface area contributed by atoms with Crippen molar-refractivity contribution in [3.8, 4) is 0 Å². The zero-order chi connectivity index (χ0) is 16.5. The molecule has 128 valence electrons. The van der Waals surface area contributed by atoms with Crippen LogP contribution < -0.4 is 4.90 Å². The number of hydrogen-bond donors (Lipinski definition) is 0. The predicted molar refractivity (Wildman–Crippen MR) is 95.3 cm³/mol. The Morgan fingerprint density at radius 1 is 1.12 bits per heavy atom. The van der Waals surface area contributed by atoms with Crippen LogP contribution in [-0.2, 0) is 26.3 Å². The molecule has 0 spiro atoms. The van der Waals surface area contributed by atoms with E-state index in [0.29, 0.717) is 0 Å². The van der Waals surface area contributed by atoms with Crippen molar-refractivity contribution in [2.45, 2.75) is 51.9 Å². The van der Waals surface area contributed by atoms with E-state index in [0.717, 1.165) is 44.1 Å². The van der Waals surface area contributed by atoms with Gasteiger partial charge in [-0.2, -0.15) is 0 Å². The molecule has 0 unspecified atom stereocenters. The van der Waals surface area contributed by atoms with Crippen LogP contribution >= 0.6 is 0 Å². The molecule has 5 heteroatoms. The maximum atomic E-state index is 4.82. The van der Waals surface area contributed by atoms with Crippen LogP contribution in [0.4, 0.5) is 5.82 Å². The molecule has 1 aliphatic heterocycles. The molecule has 0 atom stereocenters. The lowest BCUT2D eigenvalue weighted by Crippen LogP contribution is -2.36. The Morgan fingerprint density at radius 3 is 2.67 bits per heavy atom. The monoisotopic (exact) mass is 325 g/mol. The molecule has 0 N–H and O–H groups in total. The topological polar surface area (TPSA) is 46.8 Å². The maximum Gasteiger partial charge on any atom is 0.135 e. The van der Waals surface area contributed by atoms with Crippen molar-refractivity contribution in [3.05, 3.63) is 35.3 Å². The summed E-state index contributed by atoms with van der Waals surface area (Å²) < 4.78 is 2.15. The molecule has 1 fully saturated rings. The lowest BCUT2D eigenvalue weighted by Gasteiger charge is -2.35. The zero-order valence-electron chi connectivity index (χ0n) is 14.8. The first-order valence-electron chi connectivity index (χ1n) is 9.28. The molecular formula is C19H27N5. The zero-order valence-corrected chi connectivity index (χ0v) is 14.8. The van der Waals surface area contributed by atoms with Crippen molar-refractivity contribution in [2.75, 3.05) is 18.0 Å². The third-order valence-electron chi connectivity index (χ3n) is 5.58. The van der Waals surface area contributed by atoms with Gasteiger partial charge in [-0.1, -0.05) is 0 Å². The summed E-state index contributed by atoms with van der Waals surface area (Å²) in [7, 11) is 2.09. The van der Waals surface area contributed by atoms with Crippen LogP contribution in [0.3, 0.4) is 0 Å². The number of rotatable bonds is 3. The van der Waals surface area contributed by atoms with Gasteiger partial charge in [-0.15, -0.1) is 0 Å². The van der Waals surface area contributed by atoms with E-state index in [2.05, 4.69) is 21.5 Å². The van der Waals surface area contributed by atoms with E-state index in [1.807, 2.05) is 19.3 Å². The van der Waals surface area contributed by atoms with Crippen molar-refractivity contribution >= 4 is 5.82 Å². The van der Waals surface area contributed by atoms with Gasteiger partial charge in [0.15, 0.2) is 0 Å². The van der Waals surface area contributed by atoms with Gasteiger partial charge in [-0.3, -0.25) is 0 Å². The number of aryl methyl sites for hydroxylation is 3. The van der Waals surface area contributed by atoms with Crippen molar-refractivity contribution < 1.29 is 0 Å². The second-order valence-electron chi connectivity index (χ2n) is 7.32. The van der Waals surface area contributed by atoms with Crippen molar-refractivity contribution in [2.24, 2.45) is 13.0 Å². The minimum Gasteiger partial charge on any atom is -0.356 e. The smallest absolute Gasteiger partial charge is 0.135 e. The summed E-state index contributed by atoms with van der Waals surface area (Å²) in [5, 5.41) is 0. The second-order valence-corrected chi connectivity index (χ2v) is 7.32. The average Bonchev–Trinajstić information content (AvgIpc) is 3.00. The Morgan fingerprint density at radius 2 is 1.92 bits per heavy atom. The highest BCUT2D eigenvalue weighted by atomic mass is 15.2. The summed E-state index contributed by atoms with van der Waals surface area (Å²) in [6, 6.07) is 0. The Bertz CT molecular complexity index is 713. The fourth-order valence-electron chi connectivity index (χ4n) is 4.16. The van der Waals surface area contributed by atoms with Crippen LogP contribution in [0, 0.1) is 12.8 Å². The predicted octanol–water partition coefficient (Wildman–Crippen LogP) is 2.86. The molecule has 2 aromatic rings. The number of imidazole rings is 1. The summed E-state index contributed by atoms with van der Waals surface area (Å²) in [4.78, 5) is 16.5. The fraction of sp³-hybridized carbons (Fsp3) is 0.632. The van der Waals surface area contributed by atoms with E-state index in [1.54, 1.807) is 0 Å². The quantitative estimate of drug-likeness (QED) is 0.870. The molecule has 2 aliphatic rings. The van der Waals surface area contributed by atoms with Gasteiger partial charge in [0.25, 0.3) is 0 Å². The summed E-state index contributed by atoms with van der Waals surface area (Å²) in [5.74, 6) is 4.11. The fourth-order valence-corrected chi connectivity index (χ4v) is 4.16. The van der Waals surface area contributed by atoms with Crippen LogP contribution in [0.1, 0.15) is 48.6 Å². The van der Waals surface area contributed by atoms with Gasteiger partial charge in [0.1, 0.15) is 17.5 Å². The molecule has 1 aliphatic carbocycles. The first kappa shape index (κ1) is 15.6. The van der Waals surface area contributed by atoms with Gasteiger partial charge >= 0.3 is 0 Å². The number of hydrogen-bond acceptors (Lipinski definition) is 4. The molecule has 2 aromatic heterocycles. The summed E-state index contributed by atoms with van der Waals surface area (Å²) in [6.07, 6.45) is 12.3. The number of anilines is 1. The van der Waals surface area contributed by atoms with Crippen LogP contribution in [0.5, 0.6) is 0 Å². The van der Waals surface area contributed by atoms with Crippen LogP contribution in [-0.4, -0.2) is 32.6 Å². The molecule has 4 rings (SSSR count). The molecule has 0 saturated carbocycles. The highest BCUT2D eigenvalue weighted by molar-refractivity contribution is 5.50. The maximum absolute atomic E-state index is 4.82. The van der Waals surface area contributed by atoms with Gasteiger partial charge in [-0.25, -0.2) is 15.0 Å². The molecule has 0 bridgehead atoms. The molecule has 5 nitrogen and oxygen atoms in total. The van der Waals surface area contributed by atoms with E-state index in [4.69, 9.17) is 9.97 Å². The Balaban J connectivity index is 1.46. The van der Waals surface area contributed by atoms with Gasteiger partial charge < -0.3 is 9.47 Å². The Kier molecular flexibility index (Phi) is 4.25. The summed E-state index contributed by atoms with van der Waals surface area (Å²) in [6.45, 7) is 4.25. The van der Waals surface area contributed by atoms with Crippen LogP contribution in [0.15, 0.2) is 12.4 Å². The van der Waals surface area contributed by atoms with Crippen LogP contribution in [0.2, 0.25) is 0 Å². The molecule has 0 amide bonds. The summed E-state index contributed by atoms with van der Waals surface area (Å²) in [5.41, 5.74) is 2.73. The Labute approximate surface area is 144 Å². The van der Waals surface area contributed by atoms with Gasteiger partial charge in [0, 0.05) is 50.2 Å². The lowest BCUT2D eigenvalue weighted by atomic mass is 9.91.